The average Bonchev–Trinajstić information content (AvgIpc) is 2.77. The summed E-state index contributed by atoms with van der Waals surface area (Å²) in [4.78, 5) is 40.3. The van der Waals surface area contributed by atoms with Gasteiger partial charge in [0, 0.05) is 19.0 Å². The smallest absolute Gasteiger partial charge is 0.330 e. The summed E-state index contributed by atoms with van der Waals surface area (Å²) in [6.07, 6.45) is 1.90. The molecule has 0 N–H and O–H groups in total. The Bertz CT molecular complexity index is 884. The molecule has 2 aromatic rings. The van der Waals surface area contributed by atoms with Crippen LogP contribution >= 0.6 is 0 Å². The van der Waals surface area contributed by atoms with Gasteiger partial charge in [0.05, 0.1) is 6.42 Å². The largest absolute Gasteiger partial charge is 0.459 e. The van der Waals surface area contributed by atoms with E-state index < -0.39 is 12.0 Å². The number of hydrogen-bond acceptors (Lipinski definition) is 4. The summed E-state index contributed by atoms with van der Waals surface area (Å²) in [7, 11) is 0. The lowest BCUT2D eigenvalue weighted by molar-refractivity contribution is -0.163. The molecule has 0 bridgehead atoms. The lowest BCUT2D eigenvalue weighted by atomic mass is 9.90. The Balaban J connectivity index is 1.38. The van der Waals surface area contributed by atoms with Gasteiger partial charge in [0.15, 0.2) is 0 Å². The molecule has 2 aliphatic rings. The van der Waals surface area contributed by atoms with Crippen molar-refractivity contribution in [1.82, 2.24) is 9.80 Å². The molecule has 0 saturated carbocycles. The number of carbonyl (C=O) groups excluding carboxylic acids is 3. The number of rotatable bonds is 4. The molecular formula is C23H24N2O4. The summed E-state index contributed by atoms with van der Waals surface area (Å²) in [5, 5.41) is 0. The van der Waals surface area contributed by atoms with E-state index in [0.29, 0.717) is 13.1 Å². The summed E-state index contributed by atoms with van der Waals surface area (Å²) in [6.45, 7) is 1.28. The number of likely N-dealkylation sites (tertiary alicyclic amines) is 2. The third-order valence-corrected chi connectivity index (χ3v) is 5.61. The number of piperidine rings is 1. The number of benzene rings is 2. The Kier molecular flexibility index (Phi) is 5.60. The predicted octanol–water partition coefficient (Wildman–Crippen LogP) is 3.33. The van der Waals surface area contributed by atoms with Crippen LogP contribution in [0.4, 0.5) is 4.79 Å². The van der Waals surface area contributed by atoms with Crippen LogP contribution in [0.25, 0.3) is 0 Å². The quantitative estimate of drug-likeness (QED) is 0.591. The Morgan fingerprint density at radius 1 is 1.00 bits per heavy atom. The molecule has 29 heavy (non-hydrogen) atoms. The van der Waals surface area contributed by atoms with Crippen molar-refractivity contribution in [2.45, 2.75) is 37.8 Å². The maximum atomic E-state index is 13.0. The van der Waals surface area contributed by atoms with Gasteiger partial charge in [-0.3, -0.25) is 4.79 Å². The van der Waals surface area contributed by atoms with E-state index in [2.05, 4.69) is 12.1 Å². The Morgan fingerprint density at radius 2 is 1.69 bits per heavy atom. The minimum Gasteiger partial charge on any atom is -0.459 e. The SMILES string of the molecule is O=C(OCc1ccccc1)[C@@H]1CC(=O)N1C(=O)N1CCCC(c2ccccc2)C1. The molecule has 2 aliphatic heterocycles. The first-order valence-electron chi connectivity index (χ1n) is 10.00. The van der Waals surface area contributed by atoms with Gasteiger partial charge in [0.1, 0.15) is 12.6 Å². The highest BCUT2D eigenvalue weighted by atomic mass is 16.5. The number of imide groups is 1. The second-order valence-electron chi connectivity index (χ2n) is 7.56. The van der Waals surface area contributed by atoms with Crippen molar-refractivity contribution >= 4 is 17.9 Å². The first-order chi connectivity index (χ1) is 14.1. The van der Waals surface area contributed by atoms with Crippen LogP contribution < -0.4 is 0 Å². The number of carbonyl (C=O) groups is 3. The van der Waals surface area contributed by atoms with E-state index in [4.69, 9.17) is 4.74 Å². The molecule has 2 fully saturated rings. The Labute approximate surface area is 170 Å². The predicted molar refractivity (Wildman–Crippen MR) is 107 cm³/mol. The van der Waals surface area contributed by atoms with Crippen molar-refractivity contribution in [2.24, 2.45) is 0 Å². The molecule has 3 amide bonds. The molecule has 2 heterocycles. The van der Waals surface area contributed by atoms with Crippen LogP contribution in [0.15, 0.2) is 60.7 Å². The first-order valence-corrected chi connectivity index (χ1v) is 10.00. The van der Waals surface area contributed by atoms with Gasteiger partial charge in [-0.25, -0.2) is 14.5 Å². The lowest BCUT2D eigenvalue weighted by Gasteiger charge is -2.42. The fraction of sp³-hybridized carbons (Fsp3) is 0.348. The van der Waals surface area contributed by atoms with Gasteiger partial charge in [-0.15, -0.1) is 0 Å². The zero-order valence-corrected chi connectivity index (χ0v) is 16.2. The van der Waals surface area contributed by atoms with Crippen LogP contribution in [0.5, 0.6) is 0 Å². The number of hydrogen-bond donors (Lipinski definition) is 0. The van der Waals surface area contributed by atoms with Crippen LogP contribution in [0.3, 0.4) is 0 Å². The maximum absolute atomic E-state index is 13.0. The molecule has 1 unspecified atom stereocenters. The third-order valence-electron chi connectivity index (χ3n) is 5.61. The normalized spacial score (nSPS) is 21.4. The highest BCUT2D eigenvalue weighted by Gasteiger charge is 2.48. The summed E-state index contributed by atoms with van der Waals surface area (Å²) in [5.41, 5.74) is 2.06. The standard InChI is InChI=1S/C23H24N2O4/c26-21-14-20(22(27)29-16-17-8-3-1-4-9-17)25(21)23(28)24-13-7-12-19(15-24)18-10-5-2-6-11-18/h1-6,8-11,19-20H,7,12-16H2/t19?,20-/m0/s1. The Morgan fingerprint density at radius 3 is 2.38 bits per heavy atom. The van der Waals surface area contributed by atoms with E-state index in [9.17, 15) is 14.4 Å². The first kappa shape index (κ1) is 19.2. The van der Waals surface area contributed by atoms with Crippen molar-refractivity contribution in [1.29, 1.82) is 0 Å². The van der Waals surface area contributed by atoms with E-state index in [0.717, 1.165) is 23.3 Å². The number of β-lactam (4-membered cyclic amide) rings is 1. The molecule has 150 valence electrons. The van der Waals surface area contributed by atoms with E-state index in [1.807, 2.05) is 48.5 Å². The van der Waals surface area contributed by atoms with Crippen LogP contribution in [0.1, 0.15) is 36.3 Å². The minimum absolute atomic E-state index is 0.0231. The topological polar surface area (TPSA) is 66.9 Å². The van der Waals surface area contributed by atoms with E-state index in [-0.39, 0.29) is 30.9 Å². The molecule has 0 spiro atoms. The van der Waals surface area contributed by atoms with Crippen LogP contribution in [-0.2, 0) is 20.9 Å². The van der Waals surface area contributed by atoms with Gasteiger partial charge in [-0.2, -0.15) is 0 Å². The second kappa shape index (κ2) is 8.47. The van der Waals surface area contributed by atoms with Crippen LogP contribution in [0, 0.1) is 0 Å². The van der Waals surface area contributed by atoms with Crippen molar-refractivity contribution in [3.05, 3.63) is 71.8 Å². The lowest BCUT2D eigenvalue weighted by Crippen LogP contribution is -2.63. The van der Waals surface area contributed by atoms with Gasteiger partial charge in [-0.1, -0.05) is 60.7 Å². The summed E-state index contributed by atoms with van der Waals surface area (Å²) >= 11 is 0. The van der Waals surface area contributed by atoms with Crippen LogP contribution in [0.2, 0.25) is 0 Å². The molecule has 0 aliphatic carbocycles. The fourth-order valence-corrected chi connectivity index (χ4v) is 3.97. The summed E-state index contributed by atoms with van der Waals surface area (Å²) < 4.78 is 5.33. The van der Waals surface area contributed by atoms with Crippen molar-refractivity contribution in [3.63, 3.8) is 0 Å². The summed E-state index contributed by atoms with van der Waals surface area (Å²) in [6, 6.07) is 18.2. The highest BCUT2D eigenvalue weighted by molar-refractivity contribution is 6.06. The zero-order chi connectivity index (χ0) is 20.2. The van der Waals surface area contributed by atoms with Crippen LogP contribution in [-0.4, -0.2) is 46.8 Å². The summed E-state index contributed by atoms with van der Waals surface area (Å²) in [5.74, 6) is -0.606. The molecule has 2 atom stereocenters. The number of amides is 3. The average molecular weight is 392 g/mol. The number of esters is 1. The van der Waals surface area contributed by atoms with Crippen molar-refractivity contribution in [3.8, 4) is 0 Å². The van der Waals surface area contributed by atoms with Gasteiger partial charge in [-0.05, 0) is 24.0 Å². The minimum atomic E-state index is -0.823. The zero-order valence-electron chi connectivity index (χ0n) is 16.2. The Hall–Kier alpha value is -3.15. The number of ether oxygens (including phenoxy) is 1. The molecule has 0 aromatic heterocycles. The highest BCUT2D eigenvalue weighted by Crippen LogP contribution is 2.30. The fourth-order valence-electron chi connectivity index (χ4n) is 3.97. The number of nitrogens with zero attached hydrogens (tertiary/aromatic N) is 2. The molecule has 2 saturated heterocycles. The molecule has 6 heteroatoms. The van der Waals surface area contributed by atoms with Crippen molar-refractivity contribution < 1.29 is 19.1 Å². The third kappa shape index (κ3) is 4.16. The molecule has 4 rings (SSSR count). The van der Waals surface area contributed by atoms with Gasteiger partial charge >= 0.3 is 12.0 Å². The molecule has 0 radical (unpaired) electrons. The van der Waals surface area contributed by atoms with Gasteiger partial charge in [0.2, 0.25) is 5.91 Å². The maximum Gasteiger partial charge on any atom is 0.330 e. The molecule has 6 nitrogen and oxygen atoms in total. The van der Waals surface area contributed by atoms with E-state index >= 15 is 0 Å². The monoisotopic (exact) mass is 392 g/mol. The van der Waals surface area contributed by atoms with Gasteiger partial charge < -0.3 is 9.64 Å². The van der Waals surface area contributed by atoms with Gasteiger partial charge in [0.25, 0.3) is 0 Å². The van der Waals surface area contributed by atoms with E-state index in [1.54, 1.807) is 4.90 Å². The number of urea groups is 1. The molecule has 2 aromatic carbocycles. The second-order valence-corrected chi connectivity index (χ2v) is 7.56. The van der Waals surface area contributed by atoms with Crippen molar-refractivity contribution in [2.75, 3.05) is 13.1 Å². The van der Waals surface area contributed by atoms with E-state index in [1.165, 1.54) is 5.56 Å². The molecular weight excluding hydrogens is 368 g/mol.